The minimum absolute atomic E-state index is 0.0115. The number of fused-ring (bicyclic) bond motifs is 1. The summed E-state index contributed by atoms with van der Waals surface area (Å²) in [6, 6.07) is 29.0. The van der Waals surface area contributed by atoms with Crippen LogP contribution in [-0.2, 0) is 42.8 Å². The molecule has 0 aromatic heterocycles. The fraction of sp³-hybridized carbons (Fsp3) is 0.242. The smallest absolute Gasteiger partial charge is 0.340 e. The zero-order chi connectivity index (χ0) is 34.0. The number of nitrogens with one attached hydrogen (secondary N) is 3. The van der Waals surface area contributed by atoms with E-state index in [9.17, 15) is 43.1 Å². The first-order valence-electron chi connectivity index (χ1n) is 14.8. The van der Waals surface area contributed by atoms with Gasteiger partial charge in [0.25, 0.3) is 0 Å². The molecule has 47 heavy (non-hydrogen) atoms. The Morgan fingerprint density at radius 2 is 1.11 bits per heavy atom. The van der Waals surface area contributed by atoms with Gasteiger partial charge in [0, 0.05) is 19.4 Å². The first-order chi connectivity index (χ1) is 22.3. The number of hydrogen-bond acceptors (Lipinski definition) is 5. The van der Waals surface area contributed by atoms with Crippen LogP contribution in [0.2, 0.25) is 0 Å². The highest BCUT2D eigenvalue weighted by molar-refractivity contribution is 7.70. The summed E-state index contributed by atoms with van der Waals surface area (Å²) in [5.74, 6) is -1.78. The van der Waals surface area contributed by atoms with Crippen molar-refractivity contribution in [1.82, 2.24) is 16.0 Å². The summed E-state index contributed by atoms with van der Waals surface area (Å²) in [5, 5.41) is 7.65. The first kappa shape index (κ1) is 35.7. The molecule has 0 bridgehead atoms. The predicted octanol–water partition coefficient (Wildman–Crippen LogP) is 3.03. The Bertz CT molecular complexity index is 1760. The molecule has 0 heterocycles. The van der Waals surface area contributed by atoms with Crippen LogP contribution < -0.4 is 16.0 Å². The van der Waals surface area contributed by atoms with Crippen LogP contribution in [0.5, 0.6) is 0 Å². The Labute approximate surface area is 271 Å². The molecule has 248 valence electrons. The third kappa shape index (κ3) is 11.0. The minimum Gasteiger partial charge on any atom is -0.354 e. The van der Waals surface area contributed by atoms with Crippen LogP contribution in [0.25, 0.3) is 10.8 Å². The molecule has 0 aliphatic rings. The van der Waals surface area contributed by atoms with Gasteiger partial charge in [0.05, 0.1) is 6.42 Å². The van der Waals surface area contributed by atoms with Crippen molar-refractivity contribution in [3.8, 4) is 0 Å². The topological polar surface area (TPSA) is 202 Å². The van der Waals surface area contributed by atoms with Gasteiger partial charge in [-0.3, -0.25) is 23.5 Å². The molecule has 4 aromatic rings. The quantitative estimate of drug-likeness (QED) is 0.0921. The van der Waals surface area contributed by atoms with Crippen molar-refractivity contribution in [1.29, 1.82) is 0 Å². The number of carbonyl (C=O) groups excluding carboxylic acids is 3. The van der Waals surface area contributed by atoms with E-state index in [0.717, 1.165) is 21.9 Å². The molecule has 0 spiro atoms. The fourth-order valence-electron chi connectivity index (χ4n) is 5.15. The SMILES string of the molecule is O=C(Cc1ccc2ccccc2c1)N[C@@H](Cc1ccccc1)C(=O)N[C@@H](Cc1ccccc1)C(=O)NCCC(P(=O)(O)O)P(=O)(O)O. The lowest BCUT2D eigenvalue weighted by Gasteiger charge is -2.24. The lowest BCUT2D eigenvalue weighted by molar-refractivity contribution is -0.132. The lowest BCUT2D eigenvalue weighted by atomic mass is 10.0. The van der Waals surface area contributed by atoms with E-state index in [4.69, 9.17) is 0 Å². The maximum atomic E-state index is 13.7. The zero-order valence-corrected chi connectivity index (χ0v) is 27.1. The minimum atomic E-state index is -5.18. The highest BCUT2D eigenvalue weighted by Gasteiger charge is 2.43. The largest absolute Gasteiger partial charge is 0.354 e. The molecule has 0 fully saturated rings. The standard InChI is InChI=1S/C33H37N3O9P2/c37-30(22-25-15-16-26-13-7-8-14-27(26)19-25)35-29(21-24-11-5-2-6-12-24)33(39)36-28(20-23-9-3-1-4-10-23)32(38)34-18-17-31(46(40,41)42)47(43,44)45/h1-16,19,28-29,31H,17-18,20-22H2,(H,34,38)(H,35,37)(H,36,39)(H2,40,41,42)(H2,43,44,45)/t28-,29-/m0/s1. The summed E-state index contributed by atoms with van der Waals surface area (Å²) >= 11 is 0. The Hall–Kier alpha value is -4.15. The van der Waals surface area contributed by atoms with E-state index in [1.165, 1.54) is 0 Å². The predicted molar refractivity (Wildman–Crippen MR) is 177 cm³/mol. The van der Waals surface area contributed by atoms with Gasteiger partial charge in [-0.15, -0.1) is 0 Å². The molecular formula is C33H37N3O9P2. The van der Waals surface area contributed by atoms with E-state index in [1.807, 2.05) is 60.7 Å². The molecule has 4 rings (SSSR count). The Kier molecular flexibility index (Phi) is 12.2. The van der Waals surface area contributed by atoms with Crippen LogP contribution in [0.3, 0.4) is 0 Å². The Morgan fingerprint density at radius 1 is 0.596 bits per heavy atom. The van der Waals surface area contributed by atoms with Crippen molar-refractivity contribution in [3.05, 3.63) is 120 Å². The third-order valence-corrected chi connectivity index (χ3v) is 11.4. The molecule has 0 radical (unpaired) electrons. The Morgan fingerprint density at radius 3 is 1.66 bits per heavy atom. The van der Waals surface area contributed by atoms with Gasteiger partial charge < -0.3 is 35.5 Å². The van der Waals surface area contributed by atoms with Crippen molar-refractivity contribution in [3.63, 3.8) is 0 Å². The van der Waals surface area contributed by atoms with Crippen LogP contribution in [0, 0.1) is 0 Å². The normalized spacial score (nSPS) is 13.1. The van der Waals surface area contributed by atoms with Crippen LogP contribution >= 0.6 is 15.2 Å². The zero-order valence-electron chi connectivity index (χ0n) is 25.3. The monoisotopic (exact) mass is 681 g/mol. The molecule has 0 saturated carbocycles. The fourth-order valence-corrected chi connectivity index (χ4v) is 7.65. The van der Waals surface area contributed by atoms with E-state index >= 15 is 0 Å². The van der Waals surface area contributed by atoms with Crippen molar-refractivity contribution < 1.29 is 43.1 Å². The molecule has 14 heteroatoms. The molecule has 7 N–H and O–H groups in total. The number of amides is 3. The Balaban J connectivity index is 1.51. The van der Waals surface area contributed by atoms with Gasteiger partial charge in [0.15, 0.2) is 5.40 Å². The average molecular weight is 682 g/mol. The van der Waals surface area contributed by atoms with Gasteiger partial charge in [-0.2, -0.15) is 0 Å². The molecule has 0 saturated heterocycles. The van der Waals surface area contributed by atoms with Crippen molar-refractivity contribution in [2.45, 2.75) is 43.2 Å². The summed E-state index contributed by atoms with van der Waals surface area (Å²) in [6.07, 6.45) is -0.532. The van der Waals surface area contributed by atoms with Crippen molar-refractivity contribution >= 4 is 43.7 Å². The summed E-state index contributed by atoms with van der Waals surface area (Å²) in [5.41, 5.74) is 2.21. The van der Waals surface area contributed by atoms with Gasteiger partial charge in [-0.05, 0) is 33.9 Å². The molecule has 12 nitrogen and oxygen atoms in total. The van der Waals surface area contributed by atoms with Crippen LogP contribution in [0.4, 0.5) is 0 Å². The molecule has 0 unspecified atom stereocenters. The molecule has 0 aliphatic heterocycles. The van der Waals surface area contributed by atoms with Gasteiger partial charge in [-0.25, -0.2) is 0 Å². The highest BCUT2D eigenvalue weighted by atomic mass is 31.2. The molecule has 3 amide bonds. The lowest BCUT2D eigenvalue weighted by Crippen LogP contribution is -2.55. The highest BCUT2D eigenvalue weighted by Crippen LogP contribution is 2.61. The summed E-state index contributed by atoms with van der Waals surface area (Å²) in [7, 11) is -10.4. The number of benzene rings is 4. The first-order valence-corrected chi connectivity index (χ1v) is 18.2. The molecule has 4 aromatic carbocycles. The maximum Gasteiger partial charge on any atom is 0.340 e. The second-order valence-corrected chi connectivity index (χ2v) is 15.2. The second kappa shape index (κ2) is 16.1. The number of hydrogen-bond donors (Lipinski definition) is 7. The van der Waals surface area contributed by atoms with E-state index < -0.39 is 63.4 Å². The molecule has 0 aliphatic carbocycles. The van der Waals surface area contributed by atoms with E-state index in [1.54, 1.807) is 42.5 Å². The van der Waals surface area contributed by atoms with Crippen LogP contribution in [0.1, 0.15) is 23.1 Å². The maximum absolute atomic E-state index is 13.7. The van der Waals surface area contributed by atoms with Gasteiger partial charge in [-0.1, -0.05) is 103 Å². The van der Waals surface area contributed by atoms with E-state index in [0.29, 0.717) is 5.56 Å². The van der Waals surface area contributed by atoms with Crippen molar-refractivity contribution in [2.75, 3.05) is 6.54 Å². The summed E-state index contributed by atoms with van der Waals surface area (Å²) in [6.45, 7) is -0.475. The van der Waals surface area contributed by atoms with Gasteiger partial charge in [0.2, 0.25) is 17.7 Å². The van der Waals surface area contributed by atoms with Gasteiger partial charge in [0.1, 0.15) is 12.1 Å². The number of rotatable bonds is 15. The van der Waals surface area contributed by atoms with Crippen molar-refractivity contribution in [2.24, 2.45) is 0 Å². The summed E-state index contributed by atoms with van der Waals surface area (Å²) < 4.78 is 23.3. The third-order valence-electron chi connectivity index (χ3n) is 7.51. The van der Waals surface area contributed by atoms with E-state index in [2.05, 4.69) is 16.0 Å². The number of carbonyl (C=O) groups is 3. The van der Waals surface area contributed by atoms with Gasteiger partial charge >= 0.3 is 15.2 Å². The molecule has 2 atom stereocenters. The second-order valence-electron chi connectivity index (χ2n) is 11.2. The van der Waals surface area contributed by atoms with E-state index in [-0.39, 0.29) is 19.3 Å². The molecular weight excluding hydrogens is 644 g/mol. The summed E-state index contributed by atoms with van der Waals surface area (Å²) in [4.78, 5) is 77.9. The average Bonchev–Trinajstić information content (AvgIpc) is 3.02. The van der Waals surface area contributed by atoms with Crippen LogP contribution in [0.15, 0.2) is 103 Å². The van der Waals surface area contributed by atoms with Crippen LogP contribution in [-0.4, -0.2) is 61.3 Å².